The minimum Gasteiger partial charge on any atom is -0.325 e. The van der Waals surface area contributed by atoms with Crippen LogP contribution in [0.2, 0.25) is 0 Å². The predicted octanol–water partition coefficient (Wildman–Crippen LogP) is 3.74. The SMILES string of the molecule is Cc1ccc(NC(=O)C(C)NC2CCC(C)C(C)C2)cc1. The van der Waals surface area contributed by atoms with E-state index < -0.39 is 0 Å². The van der Waals surface area contributed by atoms with Gasteiger partial charge in [0, 0.05) is 11.7 Å². The number of hydrogen-bond donors (Lipinski definition) is 2. The molecule has 2 rings (SSSR count). The van der Waals surface area contributed by atoms with Crippen LogP contribution in [0.5, 0.6) is 0 Å². The van der Waals surface area contributed by atoms with E-state index in [2.05, 4.69) is 24.5 Å². The Morgan fingerprint density at radius 2 is 1.81 bits per heavy atom. The molecular weight excluding hydrogens is 260 g/mol. The lowest BCUT2D eigenvalue weighted by molar-refractivity contribution is -0.118. The highest BCUT2D eigenvalue weighted by Crippen LogP contribution is 2.29. The maximum absolute atomic E-state index is 12.2. The Bertz CT molecular complexity index is 469. The zero-order valence-corrected chi connectivity index (χ0v) is 13.6. The predicted molar refractivity (Wildman–Crippen MR) is 88.4 cm³/mol. The number of amides is 1. The van der Waals surface area contributed by atoms with E-state index in [0.717, 1.165) is 17.5 Å². The van der Waals surface area contributed by atoms with Crippen molar-refractivity contribution in [2.24, 2.45) is 11.8 Å². The maximum atomic E-state index is 12.2. The molecule has 1 aliphatic rings. The van der Waals surface area contributed by atoms with Crippen LogP contribution in [-0.4, -0.2) is 18.0 Å². The van der Waals surface area contributed by atoms with Gasteiger partial charge in [-0.1, -0.05) is 31.5 Å². The summed E-state index contributed by atoms with van der Waals surface area (Å²) >= 11 is 0. The molecule has 0 heterocycles. The van der Waals surface area contributed by atoms with Crippen LogP contribution in [0.4, 0.5) is 5.69 Å². The maximum Gasteiger partial charge on any atom is 0.241 e. The number of aryl methyl sites for hydroxylation is 1. The van der Waals surface area contributed by atoms with Crippen molar-refractivity contribution in [3.05, 3.63) is 29.8 Å². The minimum absolute atomic E-state index is 0.0464. The molecular formula is C18H28N2O. The minimum atomic E-state index is -0.156. The van der Waals surface area contributed by atoms with Crippen LogP contribution < -0.4 is 10.6 Å². The Labute approximate surface area is 128 Å². The quantitative estimate of drug-likeness (QED) is 0.886. The third-order valence-corrected chi connectivity index (χ3v) is 4.80. The van der Waals surface area contributed by atoms with Crippen molar-refractivity contribution >= 4 is 11.6 Å². The molecule has 21 heavy (non-hydrogen) atoms. The smallest absolute Gasteiger partial charge is 0.241 e. The second kappa shape index (κ2) is 7.08. The van der Waals surface area contributed by atoms with Crippen LogP contribution in [0.3, 0.4) is 0 Å². The van der Waals surface area contributed by atoms with Gasteiger partial charge in [0.2, 0.25) is 5.91 Å². The molecule has 0 aromatic heterocycles. The highest BCUT2D eigenvalue weighted by atomic mass is 16.2. The summed E-state index contributed by atoms with van der Waals surface area (Å²) in [5, 5.41) is 6.47. The van der Waals surface area contributed by atoms with E-state index in [9.17, 15) is 4.79 Å². The van der Waals surface area contributed by atoms with Crippen LogP contribution in [-0.2, 0) is 4.79 Å². The van der Waals surface area contributed by atoms with Crippen molar-refractivity contribution in [1.29, 1.82) is 0 Å². The lowest BCUT2D eigenvalue weighted by Gasteiger charge is -2.34. The van der Waals surface area contributed by atoms with Gasteiger partial charge in [-0.2, -0.15) is 0 Å². The van der Waals surface area contributed by atoms with Crippen molar-refractivity contribution in [2.75, 3.05) is 5.32 Å². The summed E-state index contributed by atoms with van der Waals surface area (Å²) in [7, 11) is 0. The van der Waals surface area contributed by atoms with Crippen molar-refractivity contribution < 1.29 is 4.79 Å². The highest BCUT2D eigenvalue weighted by molar-refractivity contribution is 5.94. The molecule has 1 aliphatic carbocycles. The second-order valence-corrected chi connectivity index (χ2v) is 6.71. The van der Waals surface area contributed by atoms with Crippen LogP contribution in [0.25, 0.3) is 0 Å². The lowest BCUT2D eigenvalue weighted by Crippen LogP contribution is -2.46. The molecule has 2 N–H and O–H groups in total. The standard InChI is InChI=1S/C18H28N2O/c1-12-5-8-16(9-6-12)20-18(21)15(4)19-17-10-7-13(2)14(3)11-17/h5-6,8-9,13-15,17,19H,7,10-11H2,1-4H3,(H,20,21). The fourth-order valence-electron chi connectivity index (χ4n) is 3.02. The Morgan fingerprint density at radius 1 is 1.14 bits per heavy atom. The second-order valence-electron chi connectivity index (χ2n) is 6.71. The highest BCUT2D eigenvalue weighted by Gasteiger charge is 2.26. The fourth-order valence-corrected chi connectivity index (χ4v) is 3.02. The summed E-state index contributed by atoms with van der Waals surface area (Å²) < 4.78 is 0. The van der Waals surface area contributed by atoms with Crippen molar-refractivity contribution in [3.8, 4) is 0 Å². The third kappa shape index (κ3) is 4.57. The monoisotopic (exact) mass is 288 g/mol. The van der Waals surface area contributed by atoms with Gasteiger partial charge in [0.25, 0.3) is 0 Å². The average Bonchev–Trinajstić information content (AvgIpc) is 2.45. The van der Waals surface area contributed by atoms with Gasteiger partial charge in [-0.3, -0.25) is 4.79 Å². The van der Waals surface area contributed by atoms with Crippen LogP contribution in [0.15, 0.2) is 24.3 Å². The van der Waals surface area contributed by atoms with Gasteiger partial charge in [0.15, 0.2) is 0 Å². The molecule has 0 bridgehead atoms. The molecule has 0 aliphatic heterocycles. The molecule has 3 nitrogen and oxygen atoms in total. The molecule has 0 spiro atoms. The topological polar surface area (TPSA) is 41.1 Å². The first kappa shape index (κ1) is 16.0. The van der Waals surface area contributed by atoms with Crippen molar-refractivity contribution in [2.45, 2.75) is 59.0 Å². The van der Waals surface area contributed by atoms with Gasteiger partial charge < -0.3 is 10.6 Å². The molecule has 1 saturated carbocycles. The molecule has 1 aromatic rings. The van der Waals surface area contributed by atoms with Gasteiger partial charge in [-0.05, 0) is 57.1 Å². The first-order chi connectivity index (χ1) is 9.95. The largest absolute Gasteiger partial charge is 0.325 e. The van der Waals surface area contributed by atoms with Crippen LogP contribution in [0, 0.1) is 18.8 Å². The van der Waals surface area contributed by atoms with E-state index in [1.165, 1.54) is 24.8 Å². The average molecular weight is 288 g/mol. The van der Waals surface area contributed by atoms with E-state index in [1.807, 2.05) is 38.1 Å². The Hall–Kier alpha value is -1.35. The number of carbonyl (C=O) groups excluding carboxylic acids is 1. The number of nitrogens with one attached hydrogen (secondary N) is 2. The van der Waals surface area contributed by atoms with Gasteiger partial charge in [-0.25, -0.2) is 0 Å². The Balaban J connectivity index is 1.83. The summed E-state index contributed by atoms with van der Waals surface area (Å²) in [4.78, 5) is 12.2. The van der Waals surface area contributed by atoms with Crippen molar-refractivity contribution in [3.63, 3.8) is 0 Å². The molecule has 4 atom stereocenters. The van der Waals surface area contributed by atoms with E-state index in [-0.39, 0.29) is 11.9 Å². The number of carbonyl (C=O) groups is 1. The molecule has 1 fully saturated rings. The molecule has 1 amide bonds. The summed E-state index contributed by atoms with van der Waals surface area (Å²) in [6.07, 6.45) is 3.60. The summed E-state index contributed by atoms with van der Waals surface area (Å²) in [5.41, 5.74) is 2.06. The van der Waals surface area contributed by atoms with Gasteiger partial charge in [-0.15, -0.1) is 0 Å². The summed E-state index contributed by atoms with van der Waals surface area (Å²) in [6.45, 7) is 8.64. The Kier molecular flexibility index (Phi) is 5.40. The number of benzene rings is 1. The van der Waals surface area contributed by atoms with Crippen LogP contribution in [0.1, 0.15) is 45.6 Å². The number of rotatable bonds is 4. The molecule has 116 valence electrons. The Morgan fingerprint density at radius 3 is 2.43 bits per heavy atom. The van der Waals surface area contributed by atoms with E-state index in [1.54, 1.807) is 0 Å². The van der Waals surface area contributed by atoms with Crippen LogP contribution >= 0.6 is 0 Å². The van der Waals surface area contributed by atoms with E-state index in [4.69, 9.17) is 0 Å². The first-order valence-electron chi connectivity index (χ1n) is 8.09. The molecule has 4 unspecified atom stereocenters. The first-order valence-corrected chi connectivity index (χ1v) is 8.09. The number of hydrogen-bond acceptors (Lipinski definition) is 2. The van der Waals surface area contributed by atoms with E-state index >= 15 is 0 Å². The van der Waals surface area contributed by atoms with Gasteiger partial charge in [0.1, 0.15) is 0 Å². The third-order valence-electron chi connectivity index (χ3n) is 4.80. The summed E-state index contributed by atoms with van der Waals surface area (Å²) in [5.74, 6) is 1.59. The summed E-state index contributed by atoms with van der Waals surface area (Å²) in [6, 6.07) is 8.23. The van der Waals surface area contributed by atoms with E-state index in [0.29, 0.717) is 6.04 Å². The number of anilines is 1. The zero-order chi connectivity index (χ0) is 15.4. The molecule has 1 aromatic carbocycles. The molecule has 3 heteroatoms. The van der Waals surface area contributed by atoms with Crippen molar-refractivity contribution in [1.82, 2.24) is 5.32 Å². The molecule has 0 radical (unpaired) electrons. The van der Waals surface area contributed by atoms with Gasteiger partial charge in [0.05, 0.1) is 6.04 Å². The normalized spacial score (nSPS) is 27.1. The zero-order valence-electron chi connectivity index (χ0n) is 13.6. The fraction of sp³-hybridized carbons (Fsp3) is 0.611. The molecule has 0 saturated heterocycles. The van der Waals surface area contributed by atoms with Gasteiger partial charge >= 0.3 is 0 Å². The lowest BCUT2D eigenvalue weighted by atomic mass is 9.79.